The summed E-state index contributed by atoms with van der Waals surface area (Å²) in [7, 11) is 0. The Bertz CT molecular complexity index is 461. The van der Waals surface area contributed by atoms with E-state index < -0.39 is 6.03 Å². The lowest BCUT2D eigenvalue weighted by molar-refractivity contribution is -0.120. The molecular formula is C10H9ClN2O3. The lowest BCUT2D eigenvalue weighted by Gasteiger charge is -2.27. The number of aromatic hydroxyl groups is 1. The molecule has 0 unspecified atom stereocenters. The molecule has 0 aromatic heterocycles. The van der Waals surface area contributed by atoms with E-state index in [0.717, 1.165) is 0 Å². The highest BCUT2D eigenvalue weighted by atomic mass is 35.5. The normalized spacial score (nSPS) is 16.2. The van der Waals surface area contributed by atoms with Gasteiger partial charge in [0.05, 0.1) is 10.7 Å². The zero-order valence-corrected chi connectivity index (χ0v) is 8.99. The summed E-state index contributed by atoms with van der Waals surface area (Å²) in [5, 5.41) is 11.9. The van der Waals surface area contributed by atoms with Crippen LogP contribution in [0.25, 0.3) is 0 Å². The van der Waals surface area contributed by atoms with E-state index in [9.17, 15) is 14.7 Å². The van der Waals surface area contributed by atoms with Gasteiger partial charge in [-0.2, -0.15) is 0 Å². The fourth-order valence-electron chi connectivity index (χ4n) is 1.50. The molecule has 2 rings (SSSR count). The topological polar surface area (TPSA) is 69.6 Å². The molecule has 1 aliphatic heterocycles. The predicted octanol–water partition coefficient (Wildman–Crippen LogP) is 1.49. The minimum absolute atomic E-state index is 0.0177. The van der Waals surface area contributed by atoms with Gasteiger partial charge in [-0.15, -0.1) is 0 Å². The number of hydrogen-bond acceptors (Lipinski definition) is 3. The summed E-state index contributed by atoms with van der Waals surface area (Å²) in [6.07, 6.45) is 0.220. The molecule has 0 radical (unpaired) electrons. The van der Waals surface area contributed by atoms with E-state index in [1.54, 1.807) is 0 Å². The fourth-order valence-corrected chi connectivity index (χ4v) is 1.72. The van der Waals surface area contributed by atoms with Crippen LogP contribution in [0.5, 0.6) is 5.75 Å². The smallest absolute Gasteiger partial charge is 0.328 e. The van der Waals surface area contributed by atoms with Gasteiger partial charge in [-0.25, -0.2) is 4.79 Å². The van der Waals surface area contributed by atoms with Gasteiger partial charge < -0.3 is 5.11 Å². The summed E-state index contributed by atoms with van der Waals surface area (Å²) in [5.74, 6) is -0.290. The predicted molar refractivity (Wildman–Crippen MR) is 58.6 cm³/mol. The molecule has 5 nitrogen and oxygen atoms in total. The fraction of sp³-hybridized carbons (Fsp3) is 0.200. The van der Waals surface area contributed by atoms with Gasteiger partial charge in [0.25, 0.3) is 0 Å². The number of carbonyl (C=O) groups excluding carboxylic acids is 2. The number of imide groups is 1. The van der Waals surface area contributed by atoms with E-state index in [4.69, 9.17) is 11.6 Å². The maximum absolute atomic E-state index is 11.5. The number of phenols is 1. The number of amides is 3. The van der Waals surface area contributed by atoms with Crippen molar-refractivity contribution >= 4 is 29.2 Å². The summed E-state index contributed by atoms with van der Waals surface area (Å²) >= 11 is 5.91. The van der Waals surface area contributed by atoms with Crippen molar-refractivity contribution in [2.75, 3.05) is 11.4 Å². The molecule has 16 heavy (non-hydrogen) atoms. The highest BCUT2D eigenvalue weighted by Gasteiger charge is 2.25. The Morgan fingerprint density at radius 1 is 1.38 bits per heavy atom. The van der Waals surface area contributed by atoms with Crippen molar-refractivity contribution in [2.24, 2.45) is 0 Å². The van der Waals surface area contributed by atoms with E-state index >= 15 is 0 Å². The lowest BCUT2D eigenvalue weighted by atomic mass is 10.2. The van der Waals surface area contributed by atoms with Gasteiger partial charge in [-0.1, -0.05) is 11.6 Å². The highest BCUT2D eigenvalue weighted by molar-refractivity contribution is 6.34. The largest absolute Gasteiger partial charge is 0.508 e. The molecule has 0 spiro atoms. The number of urea groups is 1. The molecule has 1 aromatic carbocycles. The van der Waals surface area contributed by atoms with Crippen LogP contribution < -0.4 is 10.2 Å². The van der Waals surface area contributed by atoms with Crippen molar-refractivity contribution in [1.82, 2.24) is 5.32 Å². The SMILES string of the molecule is O=C1CCN(c2cc(O)ccc2Cl)C(=O)N1. The summed E-state index contributed by atoms with van der Waals surface area (Å²) in [6.45, 7) is 0.258. The van der Waals surface area contributed by atoms with Crippen LogP contribution in [0.2, 0.25) is 5.02 Å². The Labute approximate surface area is 96.6 Å². The van der Waals surface area contributed by atoms with Crippen molar-refractivity contribution in [3.8, 4) is 5.75 Å². The van der Waals surface area contributed by atoms with Gasteiger partial charge in [-0.05, 0) is 12.1 Å². The van der Waals surface area contributed by atoms with Crippen molar-refractivity contribution in [3.63, 3.8) is 0 Å². The number of hydrogen-bond donors (Lipinski definition) is 2. The number of phenolic OH excluding ortho intramolecular Hbond substituents is 1. The lowest BCUT2D eigenvalue weighted by Crippen LogP contribution is -2.49. The van der Waals surface area contributed by atoms with Gasteiger partial charge in [0.1, 0.15) is 5.75 Å². The molecule has 2 N–H and O–H groups in total. The Kier molecular flexibility index (Phi) is 2.70. The number of rotatable bonds is 1. The first-order chi connectivity index (χ1) is 7.58. The third kappa shape index (κ3) is 1.94. The standard InChI is InChI=1S/C10H9ClN2O3/c11-7-2-1-6(14)5-8(7)13-4-3-9(15)12-10(13)16/h1-2,5,14H,3-4H2,(H,12,15,16). The molecule has 3 amide bonds. The van der Waals surface area contributed by atoms with Crippen molar-refractivity contribution in [2.45, 2.75) is 6.42 Å². The second-order valence-electron chi connectivity index (χ2n) is 3.39. The van der Waals surface area contributed by atoms with Crippen LogP contribution in [0, 0.1) is 0 Å². The summed E-state index contributed by atoms with van der Waals surface area (Å²) in [4.78, 5) is 23.8. The van der Waals surface area contributed by atoms with Gasteiger partial charge in [0.15, 0.2) is 0 Å². The first-order valence-corrected chi connectivity index (χ1v) is 5.05. The highest BCUT2D eigenvalue weighted by Crippen LogP contribution is 2.30. The third-order valence-corrected chi connectivity index (χ3v) is 2.59. The number of benzene rings is 1. The van der Waals surface area contributed by atoms with Crippen molar-refractivity contribution in [1.29, 1.82) is 0 Å². The molecule has 1 saturated heterocycles. The van der Waals surface area contributed by atoms with Crippen LogP contribution in [-0.4, -0.2) is 23.6 Å². The molecule has 0 bridgehead atoms. The number of halogens is 1. The van der Waals surface area contributed by atoms with Crippen molar-refractivity contribution in [3.05, 3.63) is 23.2 Å². The van der Waals surface area contributed by atoms with Crippen LogP contribution in [-0.2, 0) is 4.79 Å². The maximum atomic E-state index is 11.5. The van der Waals surface area contributed by atoms with E-state index in [2.05, 4.69) is 5.32 Å². The minimum atomic E-state index is -0.524. The molecule has 1 aliphatic rings. The third-order valence-electron chi connectivity index (χ3n) is 2.27. The number of nitrogens with one attached hydrogen (secondary N) is 1. The van der Waals surface area contributed by atoms with Crippen LogP contribution >= 0.6 is 11.6 Å². The molecule has 84 valence electrons. The van der Waals surface area contributed by atoms with E-state index in [1.807, 2.05) is 0 Å². The number of nitrogens with zero attached hydrogens (tertiary/aromatic N) is 1. The van der Waals surface area contributed by atoms with Crippen LogP contribution in [0.15, 0.2) is 18.2 Å². The van der Waals surface area contributed by atoms with Crippen LogP contribution in [0.1, 0.15) is 6.42 Å². The molecule has 6 heteroatoms. The minimum Gasteiger partial charge on any atom is -0.508 e. The quantitative estimate of drug-likeness (QED) is 0.781. The first kappa shape index (κ1) is 10.8. The first-order valence-electron chi connectivity index (χ1n) is 4.68. The molecule has 0 saturated carbocycles. The molecule has 1 aromatic rings. The van der Waals surface area contributed by atoms with E-state index in [1.165, 1.54) is 23.1 Å². The van der Waals surface area contributed by atoms with Crippen LogP contribution in [0.3, 0.4) is 0 Å². The summed E-state index contributed by atoms with van der Waals surface area (Å²) in [6, 6.07) is 3.79. The molecular weight excluding hydrogens is 232 g/mol. The average molecular weight is 241 g/mol. The van der Waals surface area contributed by atoms with E-state index in [0.29, 0.717) is 10.7 Å². The van der Waals surface area contributed by atoms with Gasteiger partial charge >= 0.3 is 6.03 Å². The maximum Gasteiger partial charge on any atom is 0.328 e. The monoisotopic (exact) mass is 240 g/mol. The number of anilines is 1. The summed E-state index contributed by atoms with van der Waals surface area (Å²) < 4.78 is 0. The molecule has 1 fully saturated rings. The van der Waals surface area contributed by atoms with Crippen molar-refractivity contribution < 1.29 is 14.7 Å². The molecule has 0 atom stereocenters. The second kappa shape index (κ2) is 4.02. The molecule has 0 aliphatic carbocycles. The Morgan fingerprint density at radius 3 is 2.81 bits per heavy atom. The van der Waals surface area contributed by atoms with Gasteiger partial charge in [-0.3, -0.25) is 15.0 Å². The summed E-state index contributed by atoms with van der Waals surface area (Å²) in [5.41, 5.74) is 0.395. The van der Waals surface area contributed by atoms with Gasteiger partial charge in [0, 0.05) is 19.0 Å². The van der Waals surface area contributed by atoms with Crippen LogP contribution in [0.4, 0.5) is 10.5 Å². The van der Waals surface area contributed by atoms with E-state index in [-0.39, 0.29) is 24.6 Å². The Hall–Kier alpha value is -1.75. The van der Waals surface area contributed by atoms with Gasteiger partial charge in [0.2, 0.25) is 5.91 Å². The average Bonchev–Trinajstić information content (AvgIpc) is 2.22. The zero-order valence-electron chi connectivity index (χ0n) is 8.24. The Balaban J connectivity index is 2.33. The zero-order chi connectivity index (χ0) is 11.7. The Morgan fingerprint density at radius 2 is 2.12 bits per heavy atom. The second-order valence-corrected chi connectivity index (χ2v) is 3.80. The number of carbonyl (C=O) groups is 2. The molecule has 1 heterocycles.